The molecule has 2 bridgehead atoms. The van der Waals surface area contributed by atoms with Gasteiger partial charge in [-0.1, -0.05) is 37.3 Å². The first-order valence-corrected chi connectivity index (χ1v) is 7.23. The minimum absolute atomic E-state index is 0.0722. The summed E-state index contributed by atoms with van der Waals surface area (Å²) in [6.45, 7) is 3.18. The number of carbonyl (C=O) groups is 1. The van der Waals surface area contributed by atoms with E-state index in [9.17, 15) is 9.90 Å². The molecule has 3 unspecified atom stereocenters. The van der Waals surface area contributed by atoms with Crippen molar-refractivity contribution in [3.05, 3.63) is 35.9 Å². The summed E-state index contributed by atoms with van der Waals surface area (Å²) in [5.74, 6) is 0. The van der Waals surface area contributed by atoms with E-state index < -0.39 is 6.10 Å². The third-order valence-electron chi connectivity index (χ3n) is 4.58. The Labute approximate surface area is 119 Å². The van der Waals surface area contributed by atoms with Gasteiger partial charge in [0.25, 0.3) is 0 Å². The lowest BCUT2D eigenvalue weighted by Gasteiger charge is -2.31. The second-order valence-electron chi connectivity index (χ2n) is 6.36. The summed E-state index contributed by atoms with van der Waals surface area (Å²) >= 11 is 0. The zero-order valence-electron chi connectivity index (χ0n) is 11.8. The number of nitrogens with zero attached hydrogens (tertiary/aromatic N) is 1. The SMILES string of the molecule is CC12CCC(O)C(C1)N(C(=O)OCc1ccccc1)C2. The lowest BCUT2D eigenvalue weighted by molar-refractivity contribution is 0.0396. The topological polar surface area (TPSA) is 49.8 Å². The molecule has 2 aliphatic rings. The molecule has 1 amide bonds. The number of carbonyl (C=O) groups excluding carboxylic acids is 1. The van der Waals surface area contributed by atoms with E-state index in [0.29, 0.717) is 6.54 Å². The Morgan fingerprint density at radius 2 is 2.20 bits per heavy atom. The van der Waals surface area contributed by atoms with Crippen molar-refractivity contribution in [3.8, 4) is 0 Å². The van der Waals surface area contributed by atoms with E-state index in [4.69, 9.17) is 4.74 Å². The quantitative estimate of drug-likeness (QED) is 0.902. The molecule has 0 radical (unpaired) electrons. The highest BCUT2D eigenvalue weighted by atomic mass is 16.6. The van der Waals surface area contributed by atoms with Crippen molar-refractivity contribution in [1.82, 2.24) is 4.90 Å². The van der Waals surface area contributed by atoms with Crippen molar-refractivity contribution < 1.29 is 14.6 Å². The summed E-state index contributed by atoms with van der Waals surface area (Å²) in [4.78, 5) is 14.0. The molecule has 1 aromatic carbocycles. The Morgan fingerprint density at radius 1 is 1.45 bits per heavy atom. The Bertz CT molecular complexity index is 490. The van der Waals surface area contributed by atoms with Crippen molar-refractivity contribution >= 4 is 6.09 Å². The van der Waals surface area contributed by atoms with Crippen LogP contribution in [0.3, 0.4) is 0 Å². The Balaban J connectivity index is 1.63. The number of aliphatic hydroxyl groups is 1. The Morgan fingerprint density at radius 3 is 2.95 bits per heavy atom. The molecule has 4 heteroatoms. The second-order valence-corrected chi connectivity index (χ2v) is 6.36. The number of benzene rings is 1. The van der Waals surface area contributed by atoms with Crippen LogP contribution in [0.5, 0.6) is 0 Å². The fourth-order valence-electron chi connectivity index (χ4n) is 3.42. The highest BCUT2D eigenvalue weighted by Gasteiger charge is 2.49. The fraction of sp³-hybridized carbons (Fsp3) is 0.562. The van der Waals surface area contributed by atoms with E-state index in [2.05, 4.69) is 6.92 Å². The summed E-state index contributed by atoms with van der Waals surface area (Å²) in [6.07, 6.45) is 1.93. The number of likely N-dealkylation sites (tertiary alicyclic amines) is 1. The van der Waals surface area contributed by atoms with E-state index in [1.165, 1.54) is 0 Å². The van der Waals surface area contributed by atoms with Crippen LogP contribution in [-0.4, -0.2) is 34.8 Å². The van der Waals surface area contributed by atoms with Gasteiger partial charge in [-0.2, -0.15) is 0 Å². The number of hydrogen-bond donors (Lipinski definition) is 1. The van der Waals surface area contributed by atoms with Crippen LogP contribution in [0.25, 0.3) is 0 Å². The van der Waals surface area contributed by atoms with Gasteiger partial charge in [-0.25, -0.2) is 4.79 Å². The lowest BCUT2D eigenvalue weighted by Crippen LogP contribution is -2.42. The molecule has 1 N–H and O–H groups in total. The lowest BCUT2D eigenvalue weighted by atomic mass is 9.76. The van der Waals surface area contributed by atoms with Gasteiger partial charge in [0.05, 0.1) is 12.1 Å². The molecule has 20 heavy (non-hydrogen) atoms. The maximum Gasteiger partial charge on any atom is 0.410 e. The molecule has 1 heterocycles. The molecule has 3 atom stereocenters. The first-order valence-electron chi connectivity index (χ1n) is 7.23. The molecule has 1 aromatic rings. The normalized spacial score (nSPS) is 32.2. The highest BCUT2D eigenvalue weighted by Crippen LogP contribution is 2.45. The molecule has 3 rings (SSSR count). The molecule has 0 spiro atoms. The average molecular weight is 275 g/mol. The third kappa shape index (κ3) is 2.52. The van der Waals surface area contributed by atoms with E-state index in [1.54, 1.807) is 4.90 Å². The first-order chi connectivity index (χ1) is 9.57. The fourth-order valence-corrected chi connectivity index (χ4v) is 3.42. The Hall–Kier alpha value is -1.55. The largest absolute Gasteiger partial charge is 0.445 e. The molecule has 1 saturated carbocycles. The van der Waals surface area contributed by atoms with E-state index in [0.717, 1.165) is 24.8 Å². The predicted molar refractivity (Wildman–Crippen MR) is 75.1 cm³/mol. The summed E-state index contributed by atoms with van der Waals surface area (Å²) in [5, 5.41) is 10.1. The molecule has 2 fully saturated rings. The van der Waals surface area contributed by atoms with Gasteiger partial charge in [0.15, 0.2) is 0 Å². The van der Waals surface area contributed by atoms with Crippen LogP contribution < -0.4 is 0 Å². The van der Waals surface area contributed by atoms with Crippen molar-refractivity contribution in [1.29, 1.82) is 0 Å². The molecule has 1 aliphatic heterocycles. The van der Waals surface area contributed by atoms with Crippen LogP contribution in [0.2, 0.25) is 0 Å². The molecular formula is C16H21NO3. The van der Waals surface area contributed by atoms with Gasteiger partial charge < -0.3 is 14.7 Å². The van der Waals surface area contributed by atoms with Crippen molar-refractivity contribution in [2.75, 3.05) is 6.54 Å². The number of hydrogen-bond acceptors (Lipinski definition) is 3. The second kappa shape index (κ2) is 5.09. The zero-order valence-corrected chi connectivity index (χ0v) is 11.8. The Kier molecular flexibility index (Phi) is 3.42. The molecule has 4 nitrogen and oxygen atoms in total. The molecule has 108 valence electrons. The summed E-state index contributed by atoms with van der Waals surface area (Å²) in [5.41, 5.74) is 1.13. The summed E-state index contributed by atoms with van der Waals surface area (Å²) < 4.78 is 5.39. The predicted octanol–water partition coefficient (Wildman–Crippen LogP) is 2.56. The number of fused-ring (bicyclic) bond motifs is 2. The number of aliphatic hydroxyl groups excluding tert-OH is 1. The van der Waals surface area contributed by atoms with Gasteiger partial charge >= 0.3 is 6.09 Å². The van der Waals surface area contributed by atoms with Crippen LogP contribution in [-0.2, 0) is 11.3 Å². The maximum atomic E-state index is 12.2. The highest BCUT2D eigenvalue weighted by molar-refractivity contribution is 5.69. The average Bonchev–Trinajstić information content (AvgIpc) is 2.76. The van der Waals surface area contributed by atoms with Crippen LogP contribution in [0.4, 0.5) is 4.79 Å². The monoisotopic (exact) mass is 275 g/mol. The molecular weight excluding hydrogens is 254 g/mol. The molecule has 1 aliphatic carbocycles. The van der Waals surface area contributed by atoms with Gasteiger partial charge in [-0.3, -0.25) is 0 Å². The number of rotatable bonds is 2. The summed E-state index contributed by atoms with van der Waals surface area (Å²) in [7, 11) is 0. The van der Waals surface area contributed by atoms with Gasteiger partial charge in [0.2, 0.25) is 0 Å². The minimum atomic E-state index is -0.408. The van der Waals surface area contributed by atoms with Crippen LogP contribution in [0, 0.1) is 5.41 Å². The van der Waals surface area contributed by atoms with E-state index in [-0.39, 0.29) is 24.2 Å². The molecule has 0 aromatic heterocycles. The van der Waals surface area contributed by atoms with Crippen molar-refractivity contribution in [2.45, 2.75) is 44.9 Å². The van der Waals surface area contributed by atoms with E-state index >= 15 is 0 Å². The molecule has 1 saturated heterocycles. The van der Waals surface area contributed by atoms with Gasteiger partial charge in [-0.15, -0.1) is 0 Å². The van der Waals surface area contributed by atoms with Gasteiger partial charge in [-0.05, 0) is 30.2 Å². The minimum Gasteiger partial charge on any atom is -0.445 e. The third-order valence-corrected chi connectivity index (χ3v) is 4.58. The summed E-state index contributed by atoms with van der Waals surface area (Å²) in [6, 6.07) is 9.59. The van der Waals surface area contributed by atoms with Gasteiger partial charge in [0, 0.05) is 6.54 Å². The van der Waals surface area contributed by atoms with Crippen molar-refractivity contribution in [3.63, 3.8) is 0 Å². The maximum absolute atomic E-state index is 12.2. The van der Waals surface area contributed by atoms with E-state index in [1.807, 2.05) is 30.3 Å². The van der Waals surface area contributed by atoms with Crippen LogP contribution >= 0.6 is 0 Å². The van der Waals surface area contributed by atoms with Gasteiger partial charge in [0.1, 0.15) is 6.61 Å². The first kappa shape index (κ1) is 13.4. The number of ether oxygens (including phenoxy) is 1. The van der Waals surface area contributed by atoms with Crippen LogP contribution in [0.1, 0.15) is 31.7 Å². The van der Waals surface area contributed by atoms with Crippen LogP contribution in [0.15, 0.2) is 30.3 Å². The standard InChI is InChI=1S/C16H21NO3/c1-16-8-7-14(18)13(9-16)17(11-16)15(19)20-10-12-5-3-2-4-6-12/h2-6,13-14,18H,7-11H2,1H3. The van der Waals surface area contributed by atoms with Crippen molar-refractivity contribution in [2.24, 2.45) is 5.41 Å². The zero-order chi connectivity index (χ0) is 14.2. The smallest absolute Gasteiger partial charge is 0.410 e. The number of amides is 1.